The van der Waals surface area contributed by atoms with Crippen LogP contribution in [0.3, 0.4) is 0 Å². The number of hydrogen-bond donors (Lipinski definition) is 2. The average Bonchev–Trinajstić information content (AvgIpc) is 3.17. The van der Waals surface area contributed by atoms with Crippen molar-refractivity contribution in [3.05, 3.63) is 54.4 Å². The molecule has 8 heteroatoms. The highest BCUT2D eigenvalue weighted by Crippen LogP contribution is 2.21. The third kappa shape index (κ3) is 4.53. The minimum absolute atomic E-state index is 0.343. The summed E-state index contributed by atoms with van der Waals surface area (Å²) in [6.45, 7) is 1.74. The SMILES string of the molecule is O=S(=O)(c1ccc(CNC(=S)Nc2ccncc2)cc1)N1CCCC1. The van der Waals surface area contributed by atoms with Gasteiger partial charge in [0, 0.05) is 37.7 Å². The lowest BCUT2D eigenvalue weighted by Crippen LogP contribution is -2.28. The van der Waals surface area contributed by atoms with Crippen molar-refractivity contribution in [1.29, 1.82) is 0 Å². The third-order valence-corrected chi connectivity index (χ3v) is 6.18. The second-order valence-electron chi connectivity index (χ2n) is 5.80. The Balaban J connectivity index is 1.56. The topological polar surface area (TPSA) is 74.3 Å². The number of sulfonamides is 1. The molecule has 6 nitrogen and oxygen atoms in total. The number of nitrogens with zero attached hydrogens (tertiary/aromatic N) is 2. The van der Waals surface area contributed by atoms with E-state index >= 15 is 0 Å². The molecule has 1 fully saturated rings. The van der Waals surface area contributed by atoms with Crippen molar-refractivity contribution in [2.24, 2.45) is 0 Å². The molecule has 25 heavy (non-hydrogen) atoms. The fraction of sp³-hybridized carbons (Fsp3) is 0.294. The van der Waals surface area contributed by atoms with Gasteiger partial charge in [0.1, 0.15) is 0 Å². The highest BCUT2D eigenvalue weighted by Gasteiger charge is 2.26. The van der Waals surface area contributed by atoms with Crippen LogP contribution in [0.5, 0.6) is 0 Å². The summed E-state index contributed by atoms with van der Waals surface area (Å²) >= 11 is 5.25. The van der Waals surface area contributed by atoms with E-state index in [1.807, 2.05) is 24.3 Å². The molecule has 0 aliphatic carbocycles. The van der Waals surface area contributed by atoms with Gasteiger partial charge >= 0.3 is 0 Å². The molecular weight excluding hydrogens is 356 g/mol. The largest absolute Gasteiger partial charge is 0.358 e. The van der Waals surface area contributed by atoms with Crippen molar-refractivity contribution in [3.63, 3.8) is 0 Å². The molecule has 2 aromatic rings. The summed E-state index contributed by atoms with van der Waals surface area (Å²) in [5, 5.41) is 6.66. The van der Waals surface area contributed by atoms with Crippen LogP contribution >= 0.6 is 12.2 Å². The fourth-order valence-corrected chi connectivity index (χ4v) is 4.36. The third-order valence-electron chi connectivity index (χ3n) is 4.02. The van der Waals surface area contributed by atoms with E-state index in [2.05, 4.69) is 15.6 Å². The number of benzene rings is 1. The van der Waals surface area contributed by atoms with Gasteiger partial charge in [0.25, 0.3) is 0 Å². The molecule has 2 heterocycles. The Labute approximate surface area is 153 Å². The van der Waals surface area contributed by atoms with Gasteiger partial charge in [-0.05, 0) is 54.9 Å². The predicted molar refractivity (Wildman–Crippen MR) is 102 cm³/mol. The summed E-state index contributed by atoms with van der Waals surface area (Å²) in [6.07, 6.45) is 5.24. The van der Waals surface area contributed by atoms with Crippen LogP contribution < -0.4 is 10.6 Å². The van der Waals surface area contributed by atoms with Gasteiger partial charge in [-0.1, -0.05) is 12.1 Å². The molecular formula is C17H20N4O2S2. The first kappa shape index (κ1) is 17.8. The van der Waals surface area contributed by atoms with Gasteiger partial charge in [0.2, 0.25) is 10.0 Å². The van der Waals surface area contributed by atoms with E-state index in [0.717, 1.165) is 24.1 Å². The highest BCUT2D eigenvalue weighted by molar-refractivity contribution is 7.89. The first-order chi connectivity index (χ1) is 12.1. The summed E-state index contributed by atoms with van der Waals surface area (Å²) in [4.78, 5) is 4.29. The second-order valence-corrected chi connectivity index (χ2v) is 8.14. The van der Waals surface area contributed by atoms with Crippen LogP contribution in [0.15, 0.2) is 53.7 Å². The van der Waals surface area contributed by atoms with Crippen molar-refractivity contribution in [3.8, 4) is 0 Å². The van der Waals surface area contributed by atoms with E-state index < -0.39 is 10.0 Å². The van der Waals surface area contributed by atoms with Crippen LogP contribution in [0.25, 0.3) is 0 Å². The molecule has 1 aliphatic rings. The number of hydrogen-bond acceptors (Lipinski definition) is 4. The molecule has 0 bridgehead atoms. The molecule has 1 aromatic heterocycles. The summed E-state index contributed by atoms with van der Waals surface area (Å²) in [7, 11) is -3.36. The van der Waals surface area contributed by atoms with Crippen LogP contribution in [0.4, 0.5) is 5.69 Å². The van der Waals surface area contributed by atoms with Gasteiger partial charge < -0.3 is 10.6 Å². The van der Waals surface area contributed by atoms with Gasteiger partial charge in [-0.25, -0.2) is 8.42 Å². The van der Waals surface area contributed by atoms with Gasteiger partial charge in [0.15, 0.2) is 5.11 Å². The zero-order valence-corrected chi connectivity index (χ0v) is 15.3. The molecule has 1 aromatic carbocycles. The van der Waals surface area contributed by atoms with Gasteiger partial charge in [-0.3, -0.25) is 4.98 Å². The van der Waals surface area contributed by atoms with Crippen molar-refractivity contribution < 1.29 is 8.42 Å². The molecule has 0 spiro atoms. The number of thiocarbonyl (C=S) groups is 1. The molecule has 0 atom stereocenters. The molecule has 3 rings (SSSR count). The van der Waals surface area contributed by atoms with E-state index in [-0.39, 0.29) is 0 Å². The summed E-state index contributed by atoms with van der Waals surface area (Å²) in [5.74, 6) is 0. The lowest BCUT2D eigenvalue weighted by atomic mass is 10.2. The standard InChI is InChI=1S/C17H20N4O2S2/c22-25(23,21-11-1-2-12-21)16-5-3-14(4-6-16)13-19-17(24)20-15-7-9-18-10-8-15/h3-10H,1-2,11-13H2,(H2,18,19,20,24). The summed E-state index contributed by atoms with van der Waals surface area (Å²) < 4.78 is 26.5. The van der Waals surface area contributed by atoms with E-state index in [1.165, 1.54) is 0 Å². The maximum absolute atomic E-state index is 12.5. The van der Waals surface area contributed by atoms with Crippen molar-refractivity contribution in [2.75, 3.05) is 18.4 Å². The lowest BCUT2D eigenvalue weighted by Gasteiger charge is -2.16. The van der Waals surface area contributed by atoms with Crippen LogP contribution in [0.2, 0.25) is 0 Å². The van der Waals surface area contributed by atoms with E-state index in [9.17, 15) is 8.42 Å². The first-order valence-corrected chi connectivity index (χ1v) is 9.94. The van der Waals surface area contributed by atoms with E-state index in [1.54, 1.807) is 28.8 Å². The Hall–Kier alpha value is -2.03. The van der Waals surface area contributed by atoms with Crippen molar-refractivity contribution in [1.82, 2.24) is 14.6 Å². The van der Waals surface area contributed by atoms with Crippen molar-refractivity contribution >= 4 is 33.0 Å². The van der Waals surface area contributed by atoms with Gasteiger partial charge in [-0.2, -0.15) is 4.31 Å². The average molecular weight is 377 g/mol. The lowest BCUT2D eigenvalue weighted by molar-refractivity contribution is 0.477. The Morgan fingerprint density at radius 2 is 1.72 bits per heavy atom. The second kappa shape index (κ2) is 7.90. The van der Waals surface area contributed by atoms with Crippen molar-refractivity contribution in [2.45, 2.75) is 24.3 Å². The number of anilines is 1. The Kier molecular flexibility index (Phi) is 5.62. The molecule has 1 aliphatic heterocycles. The van der Waals surface area contributed by atoms with Crippen LogP contribution in [0, 0.1) is 0 Å². The minimum Gasteiger partial charge on any atom is -0.358 e. The van der Waals surface area contributed by atoms with E-state index in [0.29, 0.717) is 29.6 Å². The molecule has 0 saturated carbocycles. The summed E-state index contributed by atoms with van der Waals surface area (Å²) in [6, 6.07) is 10.6. The zero-order valence-electron chi connectivity index (χ0n) is 13.7. The maximum atomic E-state index is 12.5. The minimum atomic E-state index is -3.36. The number of pyridine rings is 1. The maximum Gasteiger partial charge on any atom is 0.243 e. The predicted octanol–water partition coefficient (Wildman–Crippen LogP) is 2.35. The molecule has 1 saturated heterocycles. The highest BCUT2D eigenvalue weighted by atomic mass is 32.2. The van der Waals surface area contributed by atoms with Crippen LogP contribution in [-0.2, 0) is 16.6 Å². The number of aromatic nitrogens is 1. The monoisotopic (exact) mass is 376 g/mol. The fourth-order valence-electron chi connectivity index (χ4n) is 2.65. The number of rotatable bonds is 5. The smallest absolute Gasteiger partial charge is 0.243 e. The first-order valence-electron chi connectivity index (χ1n) is 8.10. The Bertz CT molecular complexity index is 817. The number of nitrogens with one attached hydrogen (secondary N) is 2. The molecule has 0 amide bonds. The molecule has 0 radical (unpaired) electrons. The van der Waals surface area contributed by atoms with Crippen LogP contribution in [-0.4, -0.2) is 35.9 Å². The molecule has 0 unspecified atom stereocenters. The Morgan fingerprint density at radius 1 is 1.08 bits per heavy atom. The molecule has 132 valence electrons. The zero-order chi connectivity index (χ0) is 17.7. The van der Waals surface area contributed by atoms with Crippen LogP contribution in [0.1, 0.15) is 18.4 Å². The Morgan fingerprint density at radius 3 is 2.36 bits per heavy atom. The van der Waals surface area contributed by atoms with E-state index in [4.69, 9.17) is 12.2 Å². The quantitative estimate of drug-likeness (QED) is 0.781. The normalized spacial score (nSPS) is 15.0. The van der Waals surface area contributed by atoms with Gasteiger partial charge in [-0.15, -0.1) is 0 Å². The molecule has 2 N–H and O–H groups in total. The summed E-state index contributed by atoms with van der Waals surface area (Å²) in [5.41, 5.74) is 1.82. The van der Waals surface area contributed by atoms with Gasteiger partial charge in [0.05, 0.1) is 4.90 Å².